The van der Waals surface area contributed by atoms with Crippen molar-refractivity contribution in [2.75, 3.05) is 10.6 Å². The summed E-state index contributed by atoms with van der Waals surface area (Å²) in [5.74, 6) is -3.20. The molecule has 10 rings (SSSR count). The number of carbonyl (C=O) groups is 4. The van der Waals surface area contributed by atoms with Crippen LogP contribution in [0.1, 0.15) is 73.8 Å². The van der Waals surface area contributed by atoms with Gasteiger partial charge in [0.15, 0.2) is 0 Å². The van der Waals surface area contributed by atoms with Crippen LogP contribution in [0.5, 0.6) is 0 Å². The predicted molar refractivity (Wildman–Crippen MR) is 255 cm³/mol. The van der Waals surface area contributed by atoms with Crippen molar-refractivity contribution in [2.24, 2.45) is 9.98 Å². The fourth-order valence-corrected chi connectivity index (χ4v) is 10.4. The average Bonchev–Trinajstić information content (AvgIpc) is 4.20. The van der Waals surface area contributed by atoms with E-state index in [0.29, 0.717) is 73.2 Å². The fraction of sp³-hybridized carbons (Fsp3) is 0.269. The maximum atomic E-state index is 15.6. The van der Waals surface area contributed by atoms with E-state index in [-0.39, 0.29) is 22.8 Å². The van der Waals surface area contributed by atoms with E-state index in [1.165, 1.54) is 21.9 Å². The van der Waals surface area contributed by atoms with Crippen molar-refractivity contribution in [1.29, 1.82) is 0 Å². The number of alkyl halides is 3. The Kier molecular flexibility index (Phi) is 11.7. The monoisotopic (exact) mass is 951 g/mol. The molecule has 0 bridgehead atoms. The molecule has 4 heterocycles. The summed E-state index contributed by atoms with van der Waals surface area (Å²) in [6.45, 7) is 1.87. The van der Waals surface area contributed by atoms with Crippen molar-refractivity contribution in [3.05, 3.63) is 161 Å². The number of anilines is 2. The zero-order valence-electron chi connectivity index (χ0n) is 37.3. The number of benzene rings is 4. The van der Waals surface area contributed by atoms with Gasteiger partial charge in [0, 0.05) is 51.2 Å². The maximum Gasteiger partial charge on any atom is 0.416 e. The third kappa shape index (κ3) is 8.58. The molecule has 4 amide bonds. The number of nitrogens with one attached hydrogen (secondary N) is 2. The Balaban J connectivity index is 1.12. The summed E-state index contributed by atoms with van der Waals surface area (Å²) >= 11 is 6.41. The van der Waals surface area contributed by atoms with Gasteiger partial charge in [-0.1, -0.05) is 66.2 Å². The molecule has 2 saturated carbocycles. The van der Waals surface area contributed by atoms with Gasteiger partial charge in [-0.3, -0.25) is 43.9 Å². The number of aromatic nitrogens is 3. The third-order valence-electron chi connectivity index (χ3n) is 13.4. The lowest BCUT2D eigenvalue weighted by Gasteiger charge is -2.46. The standard InChI is InChI=1S/C52H45ClF3N9O4/c1-32-30-63(31-58-32)40-21-19-35(20-22-40)43-49(69)65(51(62-43)25-5-6-26-51)45(47(67)60-39-13-9-11-37(53)29-39)44(46(66)59-38-12-8-10-36(28-38)52(54,55)56)64-48(68)42(61-50(64)23-3-4-24-50)34-17-15-33(16-18-34)41-14-2-7-27-57-41/h2,7-22,27-31,44-45H,3-6,23-26H2,1H3,(H,59,66)(H,60,67). The Hall–Kier alpha value is -7.46. The quantitative estimate of drug-likeness (QED) is 0.132. The molecule has 2 N–H and O–H groups in total. The van der Waals surface area contributed by atoms with Gasteiger partial charge in [-0.15, -0.1) is 0 Å². The largest absolute Gasteiger partial charge is 0.416 e. The molecule has 350 valence electrons. The van der Waals surface area contributed by atoms with Gasteiger partial charge in [-0.2, -0.15) is 13.2 Å². The van der Waals surface area contributed by atoms with Crippen LogP contribution in [0.2, 0.25) is 5.02 Å². The Bertz CT molecular complexity index is 3030. The van der Waals surface area contributed by atoms with Crippen LogP contribution in [-0.4, -0.2) is 82.8 Å². The molecule has 2 spiro atoms. The second-order valence-electron chi connectivity index (χ2n) is 17.9. The number of aliphatic imine (C=N–C) groups is 2. The van der Waals surface area contributed by atoms with Gasteiger partial charge in [-0.25, -0.2) is 4.98 Å². The first kappa shape index (κ1) is 45.3. The number of amides is 4. The minimum absolute atomic E-state index is 0.0313. The second kappa shape index (κ2) is 17.9. The number of nitrogens with zero attached hydrogens (tertiary/aromatic N) is 7. The van der Waals surface area contributed by atoms with Crippen molar-refractivity contribution in [2.45, 2.75) is 87.9 Å². The Morgan fingerprint density at radius 1 is 0.652 bits per heavy atom. The fourth-order valence-electron chi connectivity index (χ4n) is 10.2. The first-order valence-corrected chi connectivity index (χ1v) is 23.1. The van der Waals surface area contributed by atoms with Gasteiger partial charge >= 0.3 is 6.18 Å². The molecule has 2 aliphatic carbocycles. The lowest BCUT2D eigenvalue weighted by Crippen LogP contribution is -2.69. The number of hydrogen-bond acceptors (Lipinski definition) is 8. The molecular formula is C52H45ClF3N9O4. The van der Waals surface area contributed by atoms with E-state index in [2.05, 4.69) is 20.6 Å². The van der Waals surface area contributed by atoms with E-state index < -0.39 is 58.8 Å². The number of imidazole rings is 1. The first-order valence-electron chi connectivity index (χ1n) is 22.8. The van der Waals surface area contributed by atoms with E-state index >= 15 is 19.2 Å². The van der Waals surface area contributed by atoms with Crippen LogP contribution < -0.4 is 10.6 Å². The summed E-state index contributed by atoms with van der Waals surface area (Å²) in [5, 5.41) is 5.84. The van der Waals surface area contributed by atoms with Crippen molar-refractivity contribution in [3.63, 3.8) is 0 Å². The number of carbonyl (C=O) groups excluding carboxylic acids is 4. The molecule has 4 aliphatic rings. The zero-order chi connectivity index (χ0) is 48.1. The van der Waals surface area contributed by atoms with Crippen LogP contribution in [0.25, 0.3) is 16.9 Å². The van der Waals surface area contributed by atoms with E-state index in [1.54, 1.807) is 61.1 Å². The molecular weight excluding hydrogens is 907 g/mol. The SMILES string of the molecule is Cc1cn(-c2ccc(C3=NC4(CCCC4)N(C(C(=O)Nc4cccc(Cl)c4)C(C(=O)Nc4cccc(C(F)(F)F)c4)N4C(=O)C(c5ccc(-c6ccccn6)cc5)=NC45CCCC5)C3=O)cc2)cn1. The molecule has 2 aromatic heterocycles. The second-order valence-corrected chi connectivity index (χ2v) is 18.3. The van der Waals surface area contributed by atoms with Crippen molar-refractivity contribution in [1.82, 2.24) is 24.3 Å². The minimum Gasteiger partial charge on any atom is -0.324 e. The summed E-state index contributed by atoms with van der Waals surface area (Å²) in [4.78, 5) is 84.0. The molecule has 17 heteroatoms. The van der Waals surface area contributed by atoms with Gasteiger partial charge in [0.05, 0.1) is 23.3 Å². The first-order chi connectivity index (χ1) is 33.2. The van der Waals surface area contributed by atoms with E-state index in [4.69, 9.17) is 21.6 Å². The van der Waals surface area contributed by atoms with Gasteiger partial charge in [0.25, 0.3) is 11.8 Å². The molecule has 2 unspecified atom stereocenters. The highest BCUT2D eigenvalue weighted by Gasteiger charge is 2.62. The molecule has 2 fully saturated rings. The highest BCUT2D eigenvalue weighted by molar-refractivity contribution is 6.48. The van der Waals surface area contributed by atoms with E-state index in [0.717, 1.165) is 35.1 Å². The normalized spacial score (nSPS) is 18.2. The molecule has 2 atom stereocenters. The summed E-state index contributed by atoms with van der Waals surface area (Å²) in [7, 11) is 0. The smallest absolute Gasteiger partial charge is 0.324 e. The van der Waals surface area contributed by atoms with Gasteiger partial charge in [-0.05, 0) is 119 Å². The van der Waals surface area contributed by atoms with Crippen molar-refractivity contribution in [3.8, 4) is 16.9 Å². The van der Waals surface area contributed by atoms with Crippen LogP contribution in [0.15, 0.2) is 144 Å². The van der Waals surface area contributed by atoms with Crippen LogP contribution in [0, 0.1) is 6.92 Å². The zero-order valence-corrected chi connectivity index (χ0v) is 38.0. The Morgan fingerprint density at radius 2 is 1.17 bits per heavy atom. The van der Waals surface area contributed by atoms with E-state index in [1.807, 2.05) is 54.1 Å². The van der Waals surface area contributed by atoms with Gasteiger partial charge in [0.1, 0.15) is 34.8 Å². The predicted octanol–water partition coefficient (Wildman–Crippen LogP) is 9.43. The summed E-state index contributed by atoms with van der Waals surface area (Å²) in [6.07, 6.45) is 4.15. The summed E-state index contributed by atoms with van der Waals surface area (Å²) in [6, 6.07) is 26.5. The molecule has 13 nitrogen and oxygen atoms in total. The minimum atomic E-state index is -4.76. The summed E-state index contributed by atoms with van der Waals surface area (Å²) < 4.78 is 44.3. The number of halogens is 4. The highest BCUT2D eigenvalue weighted by Crippen LogP contribution is 2.48. The highest BCUT2D eigenvalue weighted by atomic mass is 35.5. The number of hydrogen-bond donors (Lipinski definition) is 2. The number of pyridine rings is 1. The van der Waals surface area contributed by atoms with Crippen LogP contribution in [-0.2, 0) is 25.4 Å². The van der Waals surface area contributed by atoms with Crippen molar-refractivity contribution >= 4 is 58.0 Å². The van der Waals surface area contributed by atoms with Crippen LogP contribution in [0.4, 0.5) is 24.5 Å². The topological polar surface area (TPSA) is 154 Å². The molecule has 2 aliphatic heterocycles. The summed E-state index contributed by atoms with van der Waals surface area (Å²) in [5.41, 5.74) is 0.303. The van der Waals surface area contributed by atoms with Crippen LogP contribution in [0.3, 0.4) is 0 Å². The molecule has 4 aromatic carbocycles. The van der Waals surface area contributed by atoms with Crippen molar-refractivity contribution < 1.29 is 32.3 Å². The third-order valence-corrected chi connectivity index (χ3v) is 13.6. The molecule has 69 heavy (non-hydrogen) atoms. The lowest BCUT2D eigenvalue weighted by molar-refractivity contribution is -0.152. The van der Waals surface area contributed by atoms with E-state index in [9.17, 15) is 13.2 Å². The number of aryl methyl sites for hydroxylation is 1. The maximum absolute atomic E-state index is 15.6. The lowest BCUT2D eigenvalue weighted by atomic mass is 9.93. The van der Waals surface area contributed by atoms with Gasteiger partial charge < -0.3 is 15.2 Å². The Labute approximate surface area is 400 Å². The Morgan fingerprint density at radius 3 is 1.67 bits per heavy atom. The molecule has 0 radical (unpaired) electrons. The molecule has 6 aromatic rings. The molecule has 0 saturated heterocycles. The average molecular weight is 952 g/mol. The van der Waals surface area contributed by atoms with Gasteiger partial charge in [0.2, 0.25) is 11.8 Å². The van der Waals surface area contributed by atoms with Crippen LogP contribution >= 0.6 is 11.6 Å². The number of rotatable bonds is 11.